The van der Waals surface area contributed by atoms with Gasteiger partial charge < -0.3 is 19.8 Å². The quantitative estimate of drug-likeness (QED) is 0.775. The third kappa shape index (κ3) is 2.95. The van der Waals surface area contributed by atoms with E-state index in [9.17, 15) is 0 Å². The van der Waals surface area contributed by atoms with Crippen molar-refractivity contribution in [2.45, 2.75) is 25.9 Å². The Balaban J connectivity index is 1.42. The highest BCUT2D eigenvalue weighted by molar-refractivity contribution is 5.75. The van der Waals surface area contributed by atoms with Gasteiger partial charge in [0.25, 0.3) is 0 Å². The first kappa shape index (κ1) is 15.0. The number of hydrogen-bond acceptors (Lipinski definition) is 4. The van der Waals surface area contributed by atoms with Gasteiger partial charge in [-0.1, -0.05) is 12.1 Å². The van der Waals surface area contributed by atoms with Crippen LogP contribution in [0.5, 0.6) is 11.5 Å². The van der Waals surface area contributed by atoms with Crippen molar-refractivity contribution in [1.82, 2.24) is 15.3 Å². The predicted octanol–water partition coefficient (Wildman–Crippen LogP) is 2.97. The summed E-state index contributed by atoms with van der Waals surface area (Å²) in [5.74, 6) is 2.72. The van der Waals surface area contributed by atoms with Crippen molar-refractivity contribution in [2.24, 2.45) is 0 Å². The van der Waals surface area contributed by atoms with Crippen LogP contribution in [-0.4, -0.2) is 29.7 Å². The molecule has 1 aliphatic rings. The van der Waals surface area contributed by atoms with Gasteiger partial charge in [0.05, 0.1) is 18.1 Å². The van der Waals surface area contributed by atoms with Gasteiger partial charge in [-0.25, -0.2) is 4.98 Å². The molecule has 0 amide bonds. The number of H-pyrrole nitrogens is 1. The summed E-state index contributed by atoms with van der Waals surface area (Å²) in [7, 11) is 1.67. The fourth-order valence-corrected chi connectivity index (χ4v) is 3.17. The zero-order valence-electron chi connectivity index (χ0n) is 13.9. The molecule has 0 aliphatic carbocycles. The van der Waals surface area contributed by atoms with E-state index in [1.165, 1.54) is 11.1 Å². The Labute approximate surface area is 141 Å². The molecule has 1 unspecified atom stereocenters. The standard InChI is InChI=1S/C19H21N3O2/c1-12-21-17-6-3-13(7-18(17)22-12)10-20-15-8-14-4-5-16(23-2)9-19(14)24-11-15/h3-7,9,15,20H,8,10-11H2,1-2H3,(H,21,22). The van der Waals surface area contributed by atoms with Gasteiger partial charge in [-0.15, -0.1) is 0 Å². The molecule has 124 valence electrons. The number of aromatic amines is 1. The second-order valence-electron chi connectivity index (χ2n) is 6.24. The van der Waals surface area contributed by atoms with Crippen LogP contribution in [0.4, 0.5) is 0 Å². The van der Waals surface area contributed by atoms with Crippen molar-refractivity contribution in [2.75, 3.05) is 13.7 Å². The molecule has 1 aromatic heterocycles. The highest BCUT2D eigenvalue weighted by Gasteiger charge is 2.20. The monoisotopic (exact) mass is 323 g/mol. The average molecular weight is 323 g/mol. The van der Waals surface area contributed by atoms with Crippen molar-refractivity contribution >= 4 is 11.0 Å². The molecule has 24 heavy (non-hydrogen) atoms. The normalized spacial score (nSPS) is 16.7. The molecular weight excluding hydrogens is 302 g/mol. The lowest BCUT2D eigenvalue weighted by Gasteiger charge is -2.26. The molecule has 0 fully saturated rings. The molecule has 2 N–H and O–H groups in total. The summed E-state index contributed by atoms with van der Waals surface area (Å²) in [5, 5.41) is 3.59. The number of aromatic nitrogens is 2. The Bertz CT molecular complexity index is 872. The van der Waals surface area contributed by atoms with Gasteiger partial charge >= 0.3 is 0 Å². The molecule has 1 aliphatic heterocycles. The number of methoxy groups -OCH3 is 1. The highest BCUT2D eigenvalue weighted by Crippen LogP contribution is 2.29. The lowest BCUT2D eigenvalue weighted by atomic mass is 10.0. The number of nitrogens with one attached hydrogen (secondary N) is 2. The topological polar surface area (TPSA) is 59.2 Å². The number of fused-ring (bicyclic) bond motifs is 2. The molecule has 0 saturated carbocycles. The maximum Gasteiger partial charge on any atom is 0.126 e. The molecule has 2 heterocycles. The molecule has 0 saturated heterocycles. The minimum atomic E-state index is 0.310. The van der Waals surface area contributed by atoms with Crippen LogP contribution in [0.2, 0.25) is 0 Å². The van der Waals surface area contributed by atoms with E-state index in [4.69, 9.17) is 9.47 Å². The Kier molecular flexibility index (Phi) is 3.86. The molecule has 0 bridgehead atoms. The van der Waals surface area contributed by atoms with Crippen molar-refractivity contribution in [3.63, 3.8) is 0 Å². The Morgan fingerprint density at radius 3 is 3.08 bits per heavy atom. The summed E-state index contributed by atoms with van der Waals surface area (Å²) < 4.78 is 11.1. The molecule has 0 radical (unpaired) electrons. The number of nitrogens with zero attached hydrogens (tertiary/aromatic N) is 1. The average Bonchev–Trinajstić information content (AvgIpc) is 2.98. The first-order valence-corrected chi connectivity index (χ1v) is 8.19. The lowest BCUT2D eigenvalue weighted by Crippen LogP contribution is -2.38. The van der Waals surface area contributed by atoms with Crippen molar-refractivity contribution < 1.29 is 9.47 Å². The molecule has 1 atom stereocenters. The summed E-state index contributed by atoms with van der Waals surface area (Å²) in [5.41, 5.74) is 4.56. The Hall–Kier alpha value is -2.53. The van der Waals surface area contributed by atoms with Gasteiger partial charge in [0, 0.05) is 18.7 Å². The van der Waals surface area contributed by atoms with Crippen LogP contribution in [0, 0.1) is 6.92 Å². The lowest BCUT2D eigenvalue weighted by molar-refractivity contribution is 0.237. The van der Waals surface area contributed by atoms with Crippen LogP contribution in [0.25, 0.3) is 11.0 Å². The van der Waals surface area contributed by atoms with Crippen LogP contribution >= 0.6 is 0 Å². The number of rotatable bonds is 4. The number of imidazole rings is 1. The van der Waals surface area contributed by atoms with Crippen LogP contribution in [0.1, 0.15) is 17.0 Å². The Morgan fingerprint density at radius 2 is 2.21 bits per heavy atom. The summed E-state index contributed by atoms with van der Waals surface area (Å²) in [6.45, 7) is 3.46. The second-order valence-corrected chi connectivity index (χ2v) is 6.24. The van der Waals surface area contributed by atoms with E-state index in [2.05, 4.69) is 39.6 Å². The Morgan fingerprint density at radius 1 is 1.29 bits per heavy atom. The van der Waals surface area contributed by atoms with E-state index in [1.807, 2.05) is 19.1 Å². The summed E-state index contributed by atoms with van der Waals surface area (Å²) in [4.78, 5) is 7.72. The summed E-state index contributed by atoms with van der Waals surface area (Å²) in [6, 6.07) is 12.7. The molecular formula is C19H21N3O2. The van der Waals surface area contributed by atoms with E-state index in [0.29, 0.717) is 12.6 Å². The van der Waals surface area contributed by atoms with E-state index in [1.54, 1.807) is 7.11 Å². The van der Waals surface area contributed by atoms with Gasteiger partial charge in [0.1, 0.15) is 23.9 Å². The van der Waals surface area contributed by atoms with E-state index < -0.39 is 0 Å². The van der Waals surface area contributed by atoms with E-state index in [0.717, 1.165) is 41.3 Å². The van der Waals surface area contributed by atoms with Crippen LogP contribution < -0.4 is 14.8 Å². The highest BCUT2D eigenvalue weighted by atomic mass is 16.5. The summed E-state index contributed by atoms with van der Waals surface area (Å²) in [6.07, 6.45) is 0.963. The van der Waals surface area contributed by atoms with Crippen LogP contribution in [-0.2, 0) is 13.0 Å². The van der Waals surface area contributed by atoms with Gasteiger partial charge in [0.15, 0.2) is 0 Å². The smallest absolute Gasteiger partial charge is 0.126 e. The van der Waals surface area contributed by atoms with Crippen molar-refractivity contribution in [1.29, 1.82) is 0 Å². The fraction of sp³-hybridized carbons (Fsp3) is 0.316. The van der Waals surface area contributed by atoms with E-state index >= 15 is 0 Å². The SMILES string of the molecule is COc1ccc2c(c1)OCC(NCc1ccc3nc(C)[nH]c3c1)C2. The molecule has 5 nitrogen and oxygen atoms in total. The zero-order chi connectivity index (χ0) is 16.5. The first-order chi connectivity index (χ1) is 11.7. The molecule has 4 rings (SSSR count). The number of benzene rings is 2. The molecule has 0 spiro atoms. The van der Waals surface area contributed by atoms with Crippen molar-refractivity contribution in [3.8, 4) is 11.5 Å². The van der Waals surface area contributed by atoms with Crippen LogP contribution in [0.3, 0.4) is 0 Å². The van der Waals surface area contributed by atoms with E-state index in [-0.39, 0.29) is 0 Å². The number of ether oxygens (including phenoxy) is 2. The minimum absolute atomic E-state index is 0.310. The third-order valence-corrected chi connectivity index (χ3v) is 4.44. The second kappa shape index (κ2) is 6.17. The number of hydrogen-bond donors (Lipinski definition) is 2. The van der Waals surface area contributed by atoms with Gasteiger partial charge in [0.2, 0.25) is 0 Å². The largest absolute Gasteiger partial charge is 0.497 e. The molecule has 5 heteroatoms. The third-order valence-electron chi connectivity index (χ3n) is 4.44. The fourth-order valence-electron chi connectivity index (χ4n) is 3.17. The minimum Gasteiger partial charge on any atom is -0.497 e. The van der Waals surface area contributed by atoms with Gasteiger partial charge in [-0.3, -0.25) is 0 Å². The maximum atomic E-state index is 5.88. The van der Waals surface area contributed by atoms with Gasteiger partial charge in [-0.2, -0.15) is 0 Å². The first-order valence-electron chi connectivity index (χ1n) is 8.19. The van der Waals surface area contributed by atoms with Crippen molar-refractivity contribution in [3.05, 3.63) is 53.3 Å². The maximum absolute atomic E-state index is 5.88. The predicted molar refractivity (Wildman–Crippen MR) is 93.7 cm³/mol. The molecule has 2 aromatic carbocycles. The number of aryl methyl sites for hydroxylation is 1. The summed E-state index contributed by atoms with van der Waals surface area (Å²) >= 11 is 0. The van der Waals surface area contributed by atoms with Gasteiger partial charge in [-0.05, 0) is 42.7 Å². The van der Waals surface area contributed by atoms with Crippen LogP contribution in [0.15, 0.2) is 36.4 Å². The molecule has 3 aromatic rings. The zero-order valence-corrected chi connectivity index (χ0v) is 13.9.